The summed E-state index contributed by atoms with van der Waals surface area (Å²) in [7, 11) is 3.01. The van der Waals surface area contributed by atoms with Crippen LogP contribution in [-0.2, 0) is 71.9 Å². The van der Waals surface area contributed by atoms with Crippen LogP contribution in [0.25, 0.3) is 21.8 Å². The van der Waals surface area contributed by atoms with Gasteiger partial charge in [0.2, 0.25) is 41.4 Å². The number of rotatable bonds is 32. The monoisotopic (exact) mass is 1260 g/mol. The number of fused-ring (bicyclic) bond motifs is 3. The van der Waals surface area contributed by atoms with Gasteiger partial charge in [-0.25, -0.2) is 4.79 Å². The van der Waals surface area contributed by atoms with E-state index in [9.17, 15) is 47.9 Å². The molecule has 3 aliphatic heterocycles. The second-order valence-corrected chi connectivity index (χ2v) is 25.0. The second kappa shape index (κ2) is 34.6. The number of carbonyl (C=O) groups excluding carboxylic acids is 10. The van der Waals surface area contributed by atoms with Crippen LogP contribution in [0.3, 0.4) is 0 Å². The summed E-state index contributed by atoms with van der Waals surface area (Å²) in [4.78, 5) is 152. The third-order valence-electron chi connectivity index (χ3n) is 18.5. The van der Waals surface area contributed by atoms with E-state index >= 15 is 0 Å². The van der Waals surface area contributed by atoms with Crippen molar-refractivity contribution in [1.29, 1.82) is 0 Å². The fourth-order valence-corrected chi connectivity index (χ4v) is 12.5. The van der Waals surface area contributed by atoms with Gasteiger partial charge in [-0.05, 0) is 112 Å². The Morgan fingerprint density at radius 1 is 0.692 bits per heavy atom. The quantitative estimate of drug-likeness (QED) is 0.0244. The Morgan fingerprint density at radius 2 is 1.38 bits per heavy atom. The Hall–Kier alpha value is -7.82. The molecule has 10 atom stereocenters. The molecule has 3 saturated heterocycles. The minimum atomic E-state index is -1.23. The third-order valence-corrected chi connectivity index (χ3v) is 18.5. The number of ether oxygens (including phenoxy) is 1. The lowest BCUT2D eigenvalue weighted by Gasteiger charge is -2.39. The number of hydrogen-bond donors (Lipinski definition) is 7. The molecule has 7 rings (SSSR count). The summed E-state index contributed by atoms with van der Waals surface area (Å²) in [5, 5.41) is 22.5. The number of piperidine rings is 2. The average molecular weight is 1260 g/mol. The van der Waals surface area contributed by atoms with Crippen molar-refractivity contribution in [1.82, 2.24) is 51.6 Å². The number of hydrogen-bond acceptors (Lipinski definition) is 14. The summed E-state index contributed by atoms with van der Waals surface area (Å²) in [5.74, 6) is -4.64. The molecule has 7 N–H and O–H groups in total. The summed E-state index contributed by atoms with van der Waals surface area (Å²) in [6, 6.07) is 5.23. The Morgan fingerprint density at radius 3 is 2.10 bits per heavy atom. The molecule has 0 radical (unpaired) electrons. The number of carbonyl (C=O) groups is 10. The maximum Gasteiger partial charge on any atom is 0.328 e. The predicted octanol–water partition coefficient (Wildman–Crippen LogP) is 5.20. The zero-order valence-corrected chi connectivity index (χ0v) is 54.6. The molecule has 2 aromatic carbocycles. The number of nitrogens with zero attached hydrogens (tertiary/aromatic N) is 3. The van der Waals surface area contributed by atoms with Crippen LogP contribution in [0.5, 0.6) is 0 Å². The fraction of sp³-hybridized carbons (Fsp3) is 0.618. The number of aromatic nitrogens is 2. The third kappa shape index (κ3) is 19.1. The van der Waals surface area contributed by atoms with Crippen LogP contribution in [0.2, 0.25) is 0 Å². The van der Waals surface area contributed by atoms with E-state index in [1.165, 1.54) is 25.9 Å². The number of Topliss-reactive ketones (excluding diaryl/α,β-unsaturated/α-hetero) is 2. The highest BCUT2D eigenvalue weighted by Gasteiger charge is 2.42. The first-order chi connectivity index (χ1) is 43.8. The summed E-state index contributed by atoms with van der Waals surface area (Å²) >= 11 is 0. The van der Waals surface area contributed by atoms with Crippen LogP contribution >= 0.6 is 0 Å². The van der Waals surface area contributed by atoms with E-state index < -0.39 is 89.8 Å². The molecule has 3 fully saturated rings. The molecule has 0 saturated carbocycles. The molecule has 91 heavy (non-hydrogen) atoms. The molecule has 2 unspecified atom stereocenters. The summed E-state index contributed by atoms with van der Waals surface area (Å²) in [6.45, 7) is 11.8. The summed E-state index contributed by atoms with van der Waals surface area (Å²) < 4.78 is 9.08. The van der Waals surface area contributed by atoms with Crippen molar-refractivity contribution in [2.45, 2.75) is 225 Å². The minimum absolute atomic E-state index is 0.000364. The molecule has 0 aliphatic carbocycles. The van der Waals surface area contributed by atoms with Crippen LogP contribution in [0.1, 0.15) is 174 Å². The van der Waals surface area contributed by atoms with Gasteiger partial charge < -0.3 is 61.3 Å². The maximum atomic E-state index is 14.9. The summed E-state index contributed by atoms with van der Waals surface area (Å²) in [5.41, 5.74) is 3.43. The number of benzene rings is 2. The van der Waals surface area contributed by atoms with Gasteiger partial charge in [0.05, 0.1) is 23.7 Å². The van der Waals surface area contributed by atoms with Crippen LogP contribution < -0.4 is 46.9 Å². The molecule has 5 heterocycles. The van der Waals surface area contributed by atoms with Gasteiger partial charge in [0.1, 0.15) is 68.1 Å². The van der Waals surface area contributed by atoms with Crippen LogP contribution in [-0.4, -0.2) is 155 Å². The smallest absolute Gasteiger partial charge is 0.328 e. The maximum absolute atomic E-state index is 14.9. The van der Waals surface area contributed by atoms with E-state index in [4.69, 9.17) is 14.4 Å². The molecule has 7 amide bonds. The molecule has 498 valence electrons. The van der Waals surface area contributed by atoms with E-state index in [0.717, 1.165) is 35.7 Å². The molecular formula is C68H98N10O13. The number of para-hydroxylation sites is 1. The van der Waals surface area contributed by atoms with Gasteiger partial charge in [0.25, 0.3) is 0 Å². The highest BCUT2D eigenvalue weighted by atomic mass is 16.6. The van der Waals surface area contributed by atoms with Crippen LogP contribution in [0.4, 0.5) is 0 Å². The number of unbranched alkanes of at least 4 members (excludes halogenated alkanes) is 3. The molecule has 23 nitrogen and oxygen atoms in total. The van der Waals surface area contributed by atoms with Gasteiger partial charge in [-0.3, -0.25) is 38.4 Å². The molecular weight excluding hydrogens is 1160 g/mol. The van der Waals surface area contributed by atoms with Gasteiger partial charge >= 0.3 is 5.97 Å². The Labute approximate surface area is 534 Å². The van der Waals surface area contributed by atoms with E-state index in [2.05, 4.69) is 37.2 Å². The van der Waals surface area contributed by atoms with E-state index in [1.54, 1.807) is 22.0 Å². The Bertz CT molecular complexity index is 3190. The van der Waals surface area contributed by atoms with Crippen molar-refractivity contribution in [3.63, 3.8) is 0 Å². The van der Waals surface area contributed by atoms with E-state index in [0.29, 0.717) is 119 Å². The van der Waals surface area contributed by atoms with Crippen LogP contribution in [0.15, 0.2) is 54.9 Å². The minimum Gasteiger partial charge on any atom is -0.464 e. The lowest BCUT2D eigenvalue weighted by molar-refractivity contribution is -0.149. The number of amides is 7. The lowest BCUT2D eigenvalue weighted by Crippen LogP contribution is -2.64. The van der Waals surface area contributed by atoms with Gasteiger partial charge in [0, 0.05) is 68.2 Å². The molecule has 0 spiro atoms. The van der Waals surface area contributed by atoms with Gasteiger partial charge in [-0.15, -0.1) is 0 Å². The average Bonchev–Trinajstić information content (AvgIpc) is 1.89. The molecule has 2 aromatic heterocycles. The zero-order valence-electron chi connectivity index (χ0n) is 54.6. The number of nitrogens with one attached hydrogen (secondary N) is 7. The standard InChI is InChI=1S/C68H98N10O13/c1-9-42(4)59-67(87)76-35-22-20-30-57(76)66(86)71-53(28-17-15-23-44(6)79)63(83)72-54(64(84)74-59)39-47-41-78(90-8)58-37-45(31-32-50(47)58)33-36-91-68(88)60(43(5)10-2)75-65(85)55(38-46-40-77(89-7)56-29-18-16-25-49(46)56)73-62(82)52(27-14-12-13-24-48(80)11-3)70-61(81)51-26-19-21-34-69-51/h16,18,25,29,31-32,37,40-43,51-55,57,59-60,69H,9-15,17,19-24,26-28,30,33-36,38-39H2,1-8H3,(H,70,81)(H,71,86)(H,72,83)(H,73,82)(H,74,84)(H,75,85)/t42?,43?,51-,52+,53+,54+,55+,57-,59+,60+/m1/s1. The van der Waals surface area contributed by atoms with Crippen molar-refractivity contribution in [3.8, 4) is 0 Å². The van der Waals surface area contributed by atoms with Crippen molar-refractivity contribution in [3.05, 3.63) is 71.5 Å². The Kier molecular flexibility index (Phi) is 26.8. The van der Waals surface area contributed by atoms with Crippen molar-refractivity contribution >= 4 is 80.7 Å². The second-order valence-electron chi connectivity index (χ2n) is 25.0. The zero-order chi connectivity index (χ0) is 65.7. The van der Waals surface area contributed by atoms with E-state index in [1.807, 2.05) is 77.1 Å². The number of ketones is 2. The van der Waals surface area contributed by atoms with Crippen LogP contribution in [0, 0.1) is 11.8 Å². The van der Waals surface area contributed by atoms with Gasteiger partial charge in [0.15, 0.2) is 0 Å². The Balaban J connectivity index is 1.09. The SMILES string of the molecule is CCC(=O)CCCCC[C@H](NC(=O)[C@H]1CCCCN1)C(=O)N[C@@H](Cc1cn(OC)c2ccccc12)C(=O)N[C@H](C(=O)OCCc1ccc2c(C[C@@H]3NC(=O)[C@H](CCCCC(C)=O)NC(=O)[C@H]4CCCCN4C(=O)[C@H](C(C)CC)NC3=O)cn(OC)c2c1)C(C)CC. The summed E-state index contributed by atoms with van der Waals surface area (Å²) in [6.07, 6.45) is 13.5. The van der Waals surface area contributed by atoms with Crippen molar-refractivity contribution in [2.24, 2.45) is 11.8 Å². The van der Waals surface area contributed by atoms with Crippen molar-refractivity contribution in [2.75, 3.05) is 33.9 Å². The molecule has 0 bridgehead atoms. The van der Waals surface area contributed by atoms with Crippen molar-refractivity contribution < 1.29 is 62.4 Å². The highest BCUT2D eigenvalue weighted by Crippen LogP contribution is 2.28. The van der Waals surface area contributed by atoms with Gasteiger partial charge in [-0.1, -0.05) is 103 Å². The molecule has 4 aromatic rings. The predicted molar refractivity (Wildman–Crippen MR) is 344 cm³/mol. The lowest BCUT2D eigenvalue weighted by atomic mass is 9.93. The first-order valence-corrected chi connectivity index (χ1v) is 33.1. The largest absolute Gasteiger partial charge is 0.464 e. The van der Waals surface area contributed by atoms with E-state index in [-0.39, 0.29) is 68.0 Å². The van der Waals surface area contributed by atoms with Gasteiger partial charge in [-0.2, -0.15) is 9.46 Å². The number of esters is 1. The normalized spacial score (nSPS) is 20.7. The first-order valence-electron chi connectivity index (χ1n) is 33.1. The topological polar surface area (TPSA) is 296 Å². The first kappa shape index (κ1) is 70.6. The molecule has 3 aliphatic rings. The molecule has 23 heteroatoms. The fourth-order valence-electron chi connectivity index (χ4n) is 12.5. The highest BCUT2D eigenvalue weighted by molar-refractivity contribution is 5.99.